The standard InChI is InChI=1S/C14H19F2NO2/c1-4-10(3)17-9-11-6-7-12(19-14(15)16)13(8-11)18-5-2/h4,6-8,10,14,17H,1,5,9H2,2-3H3. The van der Waals surface area contributed by atoms with E-state index in [9.17, 15) is 8.78 Å². The number of benzene rings is 1. The van der Waals surface area contributed by atoms with E-state index in [0.717, 1.165) is 5.56 Å². The molecule has 1 aromatic carbocycles. The smallest absolute Gasteiger partial charge is 0.387 e. The molecule has 0 aromatic heterocycles. The van der Waals surface area contributed by atoms with Gasteiger partial charge in [0.1, 0.15) is 0 Å². The highest BCUT2D eigenvalue weighted by molar-refractivity contribution is 5.43. The molecule has 1 atom stereocenters. The van der Waals surface area contributed by atoms with E-state index < -0.39 is 6.61 Å². The molecule has 0 aliphatic carbocycles. The lowest BCUT2D eigenvalue weighted by Gasteiger charge is -2.14. The van der Waals surface area contributed by atoms with Gasteiger partial charge in [-0.1, -0.05) is 12.1 Å². The van der Waals surface area contributed by atoms with Crippen LogP contribution in [0.1, 0.15) is 19.4 Å². The van der Waals surface area contributed by atoms with Crippen molar-refractivity contribution >= 4 is 0 Å². The maximum absolute atomic E-state index is 12.2. The first-order valence-corrected chi connectivity index (χ1v) is 6.13. The van der Waals surface area contributed by atoms with E-state index >= 15 is 0 Å². The lowest BCUT2D eigenvalue weighted by molar-refractivity contribution is -0.0514. The summed E-state index contributed by atoms with van der Waals surface area (Å²) in [6.45, 7) is 5.57. The molecule has 0 spiro atoms. The van der Waals surface area contributed by atoms with E-state index in [1.54, 1.807) is 25.1 Å². The Morgan fingerprint density at radius 3 is 2.68 bits per heavy atom. The predicted octanol–water partition coefficient (Wildman–Crippen LogP) is 3.35. The number of rotatable bonds is 8. The molecule has 0 fully saturated rings. The molecule has 5 heteroatoms. The van der Waals surface area contributed by atoms with Gasteiger partial charge in [0.25, 0.3) is 0 Å². The summed E-state index contributed by atoms with van der Waals surface area (Å²) in [6.07, 6.45) is 1.79. The van der Waals surface area contributed by atoms with Crippen molar-refractivity contribution in [3.8, 4) is 11.5 Å². The van der Waals surface area contributed by atoms with Crippen LogP contribution in [0.4, 0.5) is 8.78 Å². The summed E-state index contributed by atoms with van der Waals surface area (Å²) in [4.78, 5) is 0. The minimum Gasteiger partial charge on any atom is -0.490 e. The highest BCUT2D eigenvalue weighted by Crippen LogP contribution is 2.29. The molecule has 0 heterocycles. The van der Waals surface area contributed by atoms with Gasteiger partial charge in [-0.15, -0.1) is 6.58 Å². The second-order valence-corrected chi connectivity index (χ2v) is 4.00. The molecular weight excluding hydrogens is 252 g/mol. The van der Waals surface area contributed by atoms with Gasteiger partial charge in [-0.25, -0.2) is 0 Å². The van der Waals surface area contributed by atoms with Crippen LogP contribution in [0, 0.1) is 0 Å². The Morgan fingerprint density at radius 2 is 2.11 bits per heavy atom. The molecule has 0 radical (unpaired) electrons. The van der Waals surface area contributed by atoms with Crippen LogP contribution in [0.5, 0.6) is 11.5 Å². The van der Waals surface area contributed by atoms with Crippen LogP contribution in [0.2, 0.25) is 0 Å². The van der Waals surface area contributed by atoms with Gasteiger partial charge in [0, 0.05) is 12.6 Å². The summed E-state index contributed by atoms with van der Waals surface area (Å²) in [5.41, 5.74) is 0.929. The third-order valence-electron chi connectivity index (χ3n) is 2.51. The number of halogens is 2. The minimum absolute atomic E-state index is 0.0531. The molecular formula is C14H19F2NO2. The maximum Gasteiger partial charge on any atom is 0.387 e. The van der Waals surface area contributed by atoms with E-state index in [1.165, 1.54) is 6.07 Å². The molecule has 1 aromatic rings. The molecule has 1 rings (SSSR count). The van der Waals surface area contributed by atoms with Gasteiger partial charge >= 0.3 is 6.61 Å². The minimum atomic E-state index is -2.86. The van der Waals surface area contributed by atoms with Gasteiger partial charge in [0.15, 0.2) is 11.5 Å². The van der Waals surface area contributed by atoms with E-state index in [2.05, 4.69) is 16.6 Å². The third kappa shape index (κ3) is 5.26. The van der Waals surface area contributed by atoms with Gasteiger partial charge in [0.2, 0.25) is 0 Å². The molecule has 0 saturated heterocycles. The van der Waals surface area contributed by atoms with Gasteiger partial charge in [-0.2, -0.15) is 8.78 Å². The zero-order valence-corrected chi connectivity index (χ0v) is 11.2. The molecule has 106 valence electrons. The van der Waals surface area contributed by atoms with Gasteiger partial charge in [-0.3, -0.25) is 0 Å². The third-order valence-corrected chi connectivity index (χ3v) is 2.51. The first-order valence-electron chi connectivity index (χ1n) is 6.13. The predicted molar refractivity (Wildman–Crippen MR) is 70.7 cm³/mol. The van der Waals surface area contributed by atoms with E-state index in [4.69, 9.17) is 4.74 Å². The molecule has 19 heavy (non-hydrogen) atoms. The van der Waals surface area contributed by atoms with Crippen molar-refractivity contribution in [1.82, 2.24) is 5.32 Å². The number of ether oxygens (including phenoxy) is 2. The summed E-state index contributed by atoms with van der Waals surface area (Å²) in [5, 5.41) is 3.22. The van der Waals surface area contributed by atoms with Gasteiger partial charge in [-0.05, 0) is 31.5 Å². The highest BCUT2D eigenvalue weighted by Gasteiger charge is 2.11. The maximum atomic E-state index is 12.2. The van der Waals surface area contributed by atoms with Crippen LogP contribution in [-0.2, 0) is 6.54 Å². The van der Waals surface area contributed by atoms with Crippen molar-refractivity contribution in [1.29, 1.82) is 0 Å². The molecule has 0 aliphatic rings. The van der Waals surface area contributed by atoms with Crippen molar-refractivity contribution in [3.63, 3.8) is 0 Å². The Labute approximate surface area is 112 Å². The Balaban J connectivity index is 2.79. The lowest BCUT2D eigenvalue weighted by Crippen LogP contribution is -2.22. The monoisotopic (exact) mass is 271 g/mol. The SMILES string of the molecule is C=CC(C)NCc1ccc(OC(F)F)c(OCC)c1. The first-order chi connectivity index (χ1) is 9.06. The number of alkyl halides is 2. The van der Waals surface area contributed by atoms with Crippen molar-refractivity contribution in [3.05, 3.63) is 36.4 Å². The fourth-order valence-electron chi connectivity index (χ4n) is 1.49. The zero-order chi connectivity index (χ0) is 14.3. The van der Waals surface area contributed by atoms with Crippen LogP contribution in [0.15, 0.2) is 30.9 Å². The Hall–Kier alpha value is -1.62. The molecule has 0 bridgehead atoms. The Morgan fingerprint density at radius 1 is 1.37 bits per heavy atom. The quantitative estimate of drug-likeness (QED) is 0.735. The van der Waals surface area contributed by atoms with Crippen molar-refractivity contribution in [2.45, 2.75) is 33.0 Å². The van der Waals surface area contributed by atoms with E-state index in [-0.39, 0.29) is 11.8 Å². The van der Waals surface area contributed by atoms with E-state index in [1.807, 2.05) is 6.92 Å². The van der Waals surface area contributed by atoms with Crippen LogP contribution < -0.4 is 14.8 Å². The van der Waals surface area contributed by atoms with Crippen LogP contribution >= 0.6 is 0 Å². The van der Waals surface area contributed by atoms with Crippen LogP contribution in [-0.4, -0.2) is 19.3 Å². The van der Waals surface area contributed by atoms with Crippen LogP contribution in [0.3, 0.4) is 0 Å². The molecule has 0 amide bonds. The van der Waals surface area contributed by atoms with Crippen LogP contribution in [0.25, 0.3) is 0 Å². The summed E-state index contributed by atoms with van der Waals surface area (Å²) < 4.78 is 34.2. The van der Waals surface area contributed by atoms with Crippen molar-refractivity contribution in [2.75, 3.05) is 6.61 Å². The molecule has 3 nitrogen and oxygen atoms in total. The molecule has 1 unspecified atom stereocenters. The van der Waals surface area contributed by atoms with Crippen molar-refractivity contribution < 1.29 is 18.3 Å². The topological polar surface area (TPSA) is 30.5 Å². The largest absolute Gasteiger partial charge is 0.490 e. The average Bonchev–Trinajstić information content (AvgIpc) is 2.38. The summed E-state index contributed by atoms with van der Waals surface area (Å²) in [5.74, 6) is 0.380. The average molecular weight is 271 g/mol. The molecule has 0 saturated carbocycles. The number of hydrogen-bond donors (Lipinski definition) is 1. The van der Waals surface area contributed by atoms with Crippen molar-refractivity contribution in [2.24, 2.45) is 0 Å². The van der Waals surface area contributed by atoms with E-state index in [0.29, 0.717) is 18.9 Å². The highest BCUT2D eigenvalue weighted by atomic mass is 19.3. The Bertz CT molecular complexity index is 410. The normalized spacial score (nSPS) is 12.3. The van der Waals surface area contributed by atoms with Gasteiger partial charge < -0.3 is 14.8 Å². The molecule has 0 aliphatic heterocycles. The summed E-state index contributed by atoms with van der Waals surface area (Å²) in [7, 11) is 0. The summed E-state index contributed by atoms with van der Waals surface area (Å²) in [6, 6.07) is 5.09. The second-order valence-electron chi connectivity index (χ2n) is 4.00. The molecule has 1 N–H and O–H groups in total. The van der Waals surface area contributed by atoms with Gasteiger partial charge in [0.05, 0.1) is 6.61 Å². The number of hydrogen-bond acceptors (Lipinski definition) is 3. The Kier molecular flexibility index (Phi) is 6.29. The summed E-state index contributed by atoms with van der Waals surface area (Å²) >= 11 is 0. The second kappa shape index (κ2) is 7.74. The lowest BCUT2D eigenvalue weighted by atomic mass is 10.2. The number of nitrogens with one attached hydrogen (secondary N) is 1. The fraction of sp³-hybridized carbons (Fsp3) is 0.429. The fourth-order valence-corrected chi connectivity index (χ4v) is 1.49. The zero-order valence-electron chi connectivity index (χ0n) is 11.2. The first kappa shape index (κ1) is 15.4.